The molecule has 1 saturated heterocycles. The highest BCUT2D eigenvalue weighted by molar-refractivity contribution is 6.07. The second-order valence-corrected chi connectivity index (χ2v) is 5.42. The molecule has 108 valence electrons. The van der Waals surface area contributed by atoms with Crippen LogP contribution in [0.5, 0.6) is 0 Å². The van der Waals surface area contributed by atoms with Gasteiger partial charge in [-0.25, -0.2) is 4.79 Å². The fourth-order valence-electron chi connectivity index (χ4n) is 3.00. The monoisotopic (exact) mass is 284 g/mol. The van der Waals surface area contributed by atoms with Gasteiger partial charge in [0.2, 0.25) is 0 Å². The van der Waals surface area contributed by atoms with Crippen LogP contribution >= 0.6 is 0 Å². The molecule has 1 aliphatic heterocycles. The highest BCUT2D eigenvalue weighted by atomic mass is 16.4. The topological polar surface area (TPSA) is 70.5 Å². The van der Waals surface area contributed by atoms with Gasteiger partial charge in [0.1, 0.15) is 6.04 Å². The summed E-state index contributed by atoms with van der Waals surface area (Å²) in [6.45, 7) is 2.35. The molecule has 21 heavy (non-hydrogen) atoms. The highest BCUT2D eigenvalue weighted by Crippen LogP contribution is 2.27. The number of amides is 1. The van der Waals surface area contributed by atoms with Gasteiger partial charge < -0.3 is 10.0 Å². The smallest absolute Gasteiger partial charge is 0.326 e. The molecule has 0 bridgehead atoms. The van der Waals surface area contributed by atoms with Gasteiger partial charge in [-0.15, -0.1) is 0 Å². The lowest BCUT2D eigenvalue weighted by atomic mass is 10.0. The van der Waals surface area contributed by atoms with E-state index >= 15 is 0 Å². The molecule has 0 spiro atoms. The molecular weight excluding hydrogens is 268 g/mol. The largest absolute Gasteiger partial charge is 0.480 e. The van der Waals surface area contributed by atoms with Crippen molar-refractivity contribution in [2.75, 3.05) is 6.54 Å². The van der Waals surface area contributed by atoms with E-state index in [0.29, 0.717) is 18.5 Å². The Hall–Kier alpha value is -2.43. The molecule has 0 aliphatic carbocycles. The average molecular weight is 284 g/mol. The Morgan fingerprint density at radius 1 is 1.29 bits per heavy atom. The number of likely N-dealkylation sites (tertiary alicyclic amines) is 1. The fourth-order valence-corrected chi connectivity index (χ4v) is 3.00. The molecule has 2 unspecified atom stereocenters. The number of carboxylic acids is 1. The first-order valence-electron chi connectivity index (χ1n) is 6.97. The number of benzene rings is 1. The molecule has 5 heteroatoms. The van der Waals surface area contributed by atoms with Crippen molar-refractivity contribution < 1.29 is 14.7 Å². The van der Waals surface area contributed by atoms with Gasteiger partial charge in [0.15, 0.2) is 0 Å². The Bertz CT molecular complexity index is 708. The summed E-state index contributed by atoms with van der Waals surface area (Å²) in [5, 5.41) is 10.1. The molecule has 1 aromatic heterocycles. The Morgan fingerprint density at radius 2 is 2.10 bits per heavy atom. The second kappa shape index (κ2) is 5.16. The number of pyridine rings is 1. The molecule has 1 aromatic carbocycles. The summed E-state index contributed by atoms with van der Waals surface area (Å²) in [7, 11) is 0. The van der Waals surface area contributed by atoms with Crippen LogP contribution in [0.15, 0.2) is 36.5 Å². The number of carbonyl (C=O) groups excluding carboxylic acids is 1. The van der Waals surface area contributed by atoms with E-state index in [2.05, 4.69) is 4.98 Å². The zero-order valence-corrected chi connectivity index (χ0v) is 11.7. The predicted octanol–water partition coefficient (Wildman–Crippen LogP) is 2.17. The number of carboxylic acid groups (broad SMARTS) is 1. The molecule has 5 nitrogen and oxygen atoms in total. The van der Waals surface area contributed by atoms with Crippen LogP contribution in [0, 0.1) is 5.92 Å². The Labute approximate surface area is 122 Å². The van der Waals surface area contributed by atoms with E-state index in [1.807, 2.05) is 19.1 Å². The molecule has 2 heterocycles. The van der Waals surface area contributed by atoms with E-state index in [4.69, 9.17) is 0 Å². The van der Waals surface area contributed by atoms with E-state index in [1.54, 1.807) is 24.4 Å². The van der Waals surface area contributed by atoms with Crippen molar-refractivity contribution in [2.45, 2.75) is 19.4 Å². The molecule has 0 radical (unpaired) electrons. The van der Waals surface area contributed by atoms with Crippen molar-refractivity contribution in [1.29, 1.82) is 0 Å². The summed E-state index contributed by atoms with van der Waals surface area (Å²) < 4.78 is 0. The standard InChI is InChI=1S/C16H16N2O3/c1-10-7-9-18(14(10)16(20)21)15(19)12-4-2-6-13-11(12)5-3-8-17-13/h2-6,8,10,14H,7,9H2,1H3,(H,20,21). The van der Waals surface area contributed by atoms with Crippen LogP contribution < -0.4 is 0 Å². The van der Waals surface area contributed by atoms with Gasteiger partial charge in [-0.05, 0) is 30.5 Å². The number of aliphatic carboxylic acids is 1. The molecular formula is C16H16N2O3. The minimum Gasteiger partial charge on any atom is -0.480 e. The normalized spacial score (nSPS) is 21.7. The minimum atomic E-state index is -0.938. The van der Waals surface area contributed by atoms with Crippen molar-refractivity contribution in [3.05, 3.63) is 42.1 Å². The van der Waals surface area contributed by atoms with Crippen LogP contribution in [-0.2, 0) is 4.79 Å². The Morgan fingerprint density at radius 3 is 2.86 bits per heavy atom. The van der Waals surface area contributed by atoms with Crippen molar-refractivity contribution >= 4 is 22.8 Å². The molecule has 1 N–H and O–H groups in total. The minimum absolute atomic E-state index is 0.0282. The third-order valence-electron chi connectivity index (χ3n) is 4.09. The fraction of sp³-hybridized carbons (Fsp3) is 0.312. The average Bonchev–Trinajstić information content (AvgIpc) is 2.88. The molecule has 0 saturated carbocycles. The summed E-state index contributed by atoms with van der Waals surface area (Å²) >= 11 is 0. The lowest BCUT2D eigenvalue weighted by molar-refractivity contribution is -0.142. The number of hydrogen-bond donors (Lipinski definition) is 1. The first-order valence-corrected chi connectivity index (χ1v) is 6.97. The van der Waals surface area contributed by atoms with Gasteiger partial charge >= 0.3 is 5.97 Å². The highest BCUT2D eigenvalue weighted by Gasteiger charge is 2.40. The lowest BCUT2D eigenvalue weighted by Crippen LogP contribution is -2.42. The van der Waals surface area contributed by atoms with Gasteiger partial charge in [0.05, 0.1) is 5.52 Å². The summed E-state index contributed by atoms with van der Waals surface area (Å²) in [6, 6.07) is 8.22. The van der Waals surface area contributed by atoms with Crippen molar-refractivity contribution in [3.8, 4) is 0 Å². The third kappa shape index (κ3) is 2.24. The van der Waals surface area contributed by atoms with Gasteiger partial charge in [-0.1, -0.05) is 19.1 Å². The van der Waals surface area contributed by atoms with E-state index in [1.165, 1.54) is 4.90 Å². The Balaban J connectivity index is 2.03. The molecule has 1 aliphatic rings. The molecule has 3 rings (SSSR count). The van der Waals surface area contributed by atoms with Crippen LogP contribution in [0.25, 0.3) is 10.9 Å². The molecule has 2 aromatic rings. The predicted molar refractivity (Wildman–Crippen MR) is 78.0 cm³/mol. The number of fused-ring (bicyclic) bond motifs is 1. The van der Waals surface area contributed by atoms with Crippen molar-refractivity contribution in [2.24, 2.45) is 5.92 Å². The number of hydrogen-bond acceptors (Lipinski definition) is 3. The van der Waals surface area contributed by atoms with Gasteiger partial charge in [0, 0.05) is 23.7 Å². The van der Waals surface area contributed by atoms with Crippen LogP contribution in [0.4, 0.5) is 0 Å². The van der Waals surface area contributed by atoms with E-state index < -0.39 is 12.0 Å². The molecule has 1 fully saturated rings. The second-order valence-electron chi connectivity index (χ2n) is 5.42. The first-order chi connectivity index (χ1) is 10.1. The van der Waals surface area contributed by atoms with Crippen LogP contribution in [0.1, 0.15) is 23.7 Å². The summed E-state index contributed by atoms with van der Waals surface area (Å²) in [5.41, 5.74) is 1.25. The third-order valence-corrected chi connectivity index (χ3v) is 4.09. The molecule has 1 amide bonds. The van der Waals surface area contributed by atoms with E-state index in [-0.39, 0.29) is 11.8 Å². The zero-order chi connectivity index (χ0) is 15.0. The Kier molecular flexibility index (Phi) is 3.33. The van der Waals surface area contributed by atoms with Crippen LogP contribution in [-0.4, -0.2) is 39.5 Å². The molecule has 2 atom stereocenters. The van der Waals surface area contributed by atoms with Gasteiger partial charge in [-0.2, -0.15) is 0 Å². The number of carbonyl (C=O) groups is 2. The summed E-state index contributed by atoms with van der Waals surface area (Å²) in [5.74, 6) is -1.20. The summed E-state index contributed by atoms with van der Waals surface area (Å²) in [4.78, 5) is 29.9. The maximum Gasteiger partial charge on any atom is 0.326 e. The van der Waals surface area contributed by atoms with E-state index in [9.17, 15) is 14.7 Å². The van der Waals surface area contributed by atoms with Crippen LogP contribution in [0.2, 0.25) is 0 Å². The van der Waals surface area contributed by atoms with Crippen LogP contribution in [0.3, 0.4) is 0 Å². The zero-order valence-electron chi connectivity index (χ0n) is 11.7. The maximum absolute atomic E-state index is 12.8. The number of aromatic nitrogens is 1. The van der Waals surface area contributed by atoms with E-state index in [0.717, 1.165) is 10.9 Å². The lowest BCUT2D eigenvalue weighted by Gasteiger charge is -2.24. The maximum atomic E-state index is 12.8. The SMILES string of the molecule is CC1CCN(C(=O)c2cccc3ncccc23)C1C(=O)O. The first kappa shape index (κ1) is 13.5. The van der Waals surface area contributed by atoms with Crippen molar-refractivity contribution in [1.82, 2.24) is 9.88 Å². The quantitative estimate of drug-likeness (QED) is 0.917. The van der Waals surface area contributed by atoms with Crippen molar-refractivity contribution in [3.63, 3.8) is 0 Å². The number of nitrogens with zero attached hydrogens (tertiary/aromatic N) is 2. The van der Waals surface area contributed by atoms with Gasteiger partial charge in [0.25, 0.3) is 5.91 Å². The number of rotatable bonds is 2. The van der Waals surface area contributed by atoms with Gasteiger partial charge in [-0.3, -0.25) is 9.78 Å². The summed E-state index contributed by atoms with van der Waals surface area (Å²) in [6.07, 6.45) is 2.39.